The minimum Gasteiger partial charge on any atom is -0.464 e. The number of carbonyl (C=O) groups excluding carboxylic acids is 1. The minimum atomic E-state index is -0.867. The van der Waals surface area contributed by atoms with Gasteiger partial charge in [0, 0.05) is 10.6 Å². The summed E-state index contributed by atoms with van der Waals surface area (Å²) >= 11 is 9.16. The lowest BCUT2D eigenvalue weighted by Crippen LogP contribution is -2.27. The maximum atomic E-state index is 13.0. The van der Waals surface area contributed by atoms with Crippen LogP contribution in [-0.4, -0.2) is 10.4 Å². The molecule has 0 aliphatic carbocycles. The zero-order valence-corrected chi connectivity index (χ0v) is 15.5. The third-order valence-corrected chi connectivity index (χ3v) is 5.13. The van der Waals surface area contributed by atoms with Crippen molar-refractivity contribution in [1.82, 2.24) is 0 Å². The summed E-state index contributed by atoms with van der Waals surface area (Å²) in [5.41, 5.74) is 0.921. The Bertz CT molecular complexity index is 1090. The molecule has 2 aromatic carbocycles. The summed E-state index contributed by atoms with van der Waals surface area (Å²) in [7, 11) is 0. The van der Waals surface area contributed by atoms with Gasteiger partial charge in [0.15, 0.2) is 17.3 Å². The highest BCUT2D eigenvalue weighted by atomic mass is 79.9. The molecule has 26 heavy (non-hydrogen) atoms. The van der Waals surface area contributed by atoms with E-state index in [1.165, 1.54) is 6.26 Å². The molecule has 0 unspecified atom stereocenters. The summed E-state index contributed by atoms with van der Waals surface area (Å²) < 4.78 is 5.87. The average molecular weight is 433 g/mol. The number of rotatable bonds is 3. The predicted molar refractivity (Wildman–Crippen MR) is 102 cm³/mol. The molecule has 2 heterocycles. The molecule has 0 bridgehead atoms. The minimum absolute atomic E-state index is 0.229. The number of nitrogens with zero attached hydrogens (tertiary/aromatic N) is 1. The van der Waals surface area contributed by atoms with E-state index in [1.807, 2.05) is 0 Å². The molecule has 4 rings (SSSR count). The van der Waals surface area contributed by atoms with E-state index < -0.39 is 12.0 Å². The molecule has 7 heteroatoms. The standard InChI is InChI=1S/C19H11BrClNO4/c20-19-15(16(23)10-5-7-11(21)8-6-10)18(26-22-19)13-9-25-14-4-2-1-3-12(14)17(13)24/h1-9,15,18H/t15-,18-/m1/s1. The van der Waals surface area contributed by atoms with Gasteiger partial charge in [-0.25, -0.2) is 0 Å². The summed E-state index contributed by atoms with van der Waals surface area (Å²) in [6.07, 6.45) is 0.465. The van der Waals surface area contributed by atoms with Gasteiger partial charge in [0.25, 0.3) is 0 Å². The Hall–Kier alpha value is -2.44. The van der Waals surface area contributed by atoms with Gasteiger partial charge < -0.3 is 9.25 Å². The molecule has 0 radical (unpaired) electrons. The molecule has 3 aromatic rings. The zero-order valence-electron chi connectivity index (χ0n) is 13.2. The Kier molecular flexibility index (Phi) is 4.38. The largest absolute Gasteiger partial charge is 0.464 e. The topological polar surface area (TPSA) is 68.9 Å². The molecular weight excluding hydrogens is 422 g/mol. The second-order valence-electron chi connectivity index (χ2n) is 5.81. The molecule has 0 saturated heterocycles. The van der Waals surface area contributed by atoms with Gasteiger partial charge in [-0.3, -0.25) is 9.59 Å². The van der Waals surface area contributed by atoms with Crippen molar-refractivity contribution in [2.45, 2.75) is 6.10 Å². The summed E-state index contributed by atoms with van der Waals surface area (Å²) in [5.74, 6) is -1.01. The number of carbonyl (C=O) groups is 1. The first-order valence-corrected chi connectivity index (χ1v) is 8.93. The number of oxime groups is 1. The quantitative estimate of drug-likeness (QED) is 0.561. The lowest BCUT2D eigenvalue weighted by Gasteiger charge is -2.16. The molecule has 1 aromatic heterocycles. The zero-order chi connectivity index (χ0) is 18.3. The first-order chi connectivity index (χ1) is 12.6. The Morgan fingerprint density at radius 1 is 1.12 bits per heavy atom. The van der Waals surface area contributed by atoms with E-state index in [-0.39, 0.29) is 16.8 Å². The van der Waals surface area contributed by atoms with Crippen LogP contribution in [0.4, 0.5) is 0 Å². The van der Waals surface area contributed by atoms with E-state index in [1.54, 1.807) is 48.5 Å². The predicted octanol–water partition coefficient (Wildman–Crippen LogP) is 4.73. The summed E-state index contributed by atoms with van der Waals surface area (Å²) in [6.45, 7) is 0. The van der Waals surface area contributed by atoms with Gasteiger partial charge in [-0.1, -0.05) is 28.9 Å². The highest BCUT2D eigenvalue weighted by molar-refractivity contribution is 9.18. The van der Waals surface area contributed by atoms with Crippen molar-refractivity contribution in [3.63, 3.8) is 0 Å². The molecule has 5 nitrogen and oxygen atoms in total. The highest BCUT2D eigenvalue weighted by Crippen LogP contribution is 2.36. The van der Waals surface area contributed by atoms with Crippen molar-refractivity contribution in [3.05, 3.63) is 81.2 Å². The van der Waals surface area contributed by atoms with E-state index in [0.717, 1.165) is 0 Å². The van der Waals surface area contributed by atoms with Crippen LogP contribution in [0.1, 0.15) is 22.0 Å². The van der Waals surface area contributed by atoms with Crippen LogP contribution in [0.2, 0.25) is 5.02 Å². The normalized spacial score (nSPS) is 19.2. The van der Waals surface area contributed by atoms with Gasteiger partial charge in [-0.05, 0) is 52.3 Å². The Labute approximate surface area is 161 Å². The van der Waals surface area contributed by atoms with E-state index in [2.05, 4.69) is 21.1 Å². The van der Waals surface area contributed by atoms with Gasteiger partial charge in [0.2, 0.25) is 0 Å². The lowest BCUT2D eigenvalue weighted by atomic mass is 9.90. The molecule has 0 N–H and O–H groups in total. The van der Waals surface area contributed by atoms with Gasteiger partial charge in [0.05, 0.1) is 10.9 Å². The van der Waals surface area contributed by atoms with Crippen molar-refractivity contribution < 1.29 is 14.0 Å². The fraction of sp³-hybridized carbons (Fsp3) is 0.105. The monoisotopic (exact) mass is 431 g/mol. The van der Waals surface area contributed by atoms with Crippen LogP contribution in [0.5, 0.6) is 0 Å². The van der Waals surface area contributed by atoms with Crippen molar-refractivity contribution in [2.24, 2.45) is 11.1 Å². The van der Waals surface area contributed by atoms with Gasteiger partial charge >= 0.3 is 0 Å². The number of para-hydroxylation sites is 1. The first kappa shape index (κ1) is 17.0. The third kappa shape index (κ3) is 2.85. The second kappa shape index (κ2) is 6.70. The number of benzene rings is 2. The fourth-order valence-electron chi connectivity index (χ4n) is 2.91. The molecule has 1 aliphatic heterocycles. The highest BCUT2D eigenvalue weighted by Gasteiger charge is 2.42. The van der Waals surface area contributed by atoms with Crippen molar-refractivity contribution in [3.8, 4) is 0 Å². The van der Waals surface area contributed by atoms with E-state index in [0.29, 0.717) is 26.2 Å². The Balaban J connectivity index is 1.77. The van der Waals surface area contributed by atoms with Crippen LogP contribution in [0.3, 0.4) is 0 Å². The van der Waals surface area contributed by atoms with Gasteiger partial charge in [-0.15, -0.1) is 0 Å². The number of halogens is 2. The molecule has 2 atom stereocenters. The molecule has 0 saturated carbocycles. The van der Waals surface area contributed by atoms with Crippen LogP contribution in [-0.2, 0) is 4.84 Å². The van der Waals surface area contributed by atoms with Crippen LogP contribution in [0.25, 0.3) is 11.0 Å². The van der Waals surface area contributed by atoms with Crippen LogP contribution in [0, 0.1) is 5.92 Å². The Morgan fingerprint density at radius 3 is 2.62 bits per heavy atom. The lowest BCUT2D eigenvalue weighted by molar-refractivity contribution is 0.0521. The number of hydrogen-bond acceptors (Lipinski definition) is 5. The van der Waals surface area contributed by atoms with Crippen molar-refractivity contribution in [1.29, 1.82) is 0 Å². The van der Waals surface area contributed by atoms with E-state index in [9.17, 15) is 9.59 Å². The SMILES string of the molecule is O=C(c1ccc(Cl)cc1)[C@H]1C(Br)=NO[C@@H]1c1coc2ccccc2c1=O. The summed E-state index contributed by atoms with van der Waals surface area (Å²) in [5, 5.41) is 4.82. The van der Waals surface area contributed by atoms with E-state index in [4.69, 9.17) is 20.9 Å². The molecule has 130 valence electrons. The smallest absolute Gasteiger partial charge is 0.199 e. The maximum Gasteiger partial charge on any atom is 0.199 e. The third-order valence-electron chi connectivity index (χ3n) is 4.24. The van der Waals surface area contributed by atoms with Crippen molar-refractivity contribution >= 4 is 48.9 Å². The van der Waals surface area contributed by atoms with Crippen LogP contribution < -0.4 is 5.43 Å². The molecule has 0 fully saturated rings. The number of ketones is 1. The van der Waals surface area contributed by atoms with Crippen LogP contribution >= 0.6 is 27.5 Å². The summed E-state index contributed by atoms with van der Waals surface area (Å²) in [4.78, 5) is 31.2. The maximum absolute atomic E-state index is 13.0. The average Bonchev–Trinajstić information content (AvgIpc) is 3.03. The molecule has 0 amide bonds. The Morgan fingerprint density at radius 2 is 1.85 bits per heavy atom. The fourth-order valence-corrected chi connectivity index (χ4v) is 3.57. The number of Topliss-reactive ketones (excluding diaryl/α,β-unsaturated/α-hetero) is 1. The molecule has 0 spiro atoms. The number of fused-ring (bicyclic) bond motifs is 1. The van der Waals surface area contributed by atoms with Gasteiger partial charge in [-0.2, -0.15) is 0 Å². The molecular formula is C19H11BrClNO4. The molecule has 1 aliphatic rings. The second-order valence-corrected chi connectivity index (χ2v) is 7.05. The summed E-state index contributed by atoms with van der Waals surface area (Å²) in [6, 6.07) is 13.4. The first-order valence-electron chi connectivity index (χ1n) is 7.75. The van der Waals surface area contributed by atoms with Crippen LogP contribution in [0.15, 0.2) is 69.2 Å². The number of hydrogen-bond donors (Lipinski definition) is 0. The van der Waals surface area contributed by atoms with Crippen molar-refractivity contribution in [2.75, 3.05) is 0 Å². The van der Waals surface area contributed by atoms with Gasteiger partial charge in [0.1, 0.15) is 22.4 Å². The van der Waals surface area contributed by atoms with E-state index >= 15 is 0 Å².